The summed E-state index contributed by atoms with van der Waals surface area (Å²) in [5.74, 6) is 0.441. The van der Waals surface area contributed by atoms with E-state index in [2.05, 4.69) is 52.8 Å². The molecule has 1 aliphatic heterocycles. The van der Waals surface area contributed by atoms with Gasteiger partial charge in [-0.25, -0.2) is 0 Å². The molecule has 0 spiro atoms. The number of rotatable bonds is 0. The zero-order valence-corrected chi connectivity index (χ0v) is 12.5. The standard InChI is InChI=1S/C17H23NO/c1-10-6-12-11(8-15(10)18)7-14-13(12)9-16(2,3)19-17(14,4)5/h6,8-9,14H,7,18H2,1-5H3/t14-/m0/s1. The summed E-state index contributed by atoms with van der Waals surface area (Å²) in [6, 6.07) is 4.39. The minimum absolute atomic E-state index is 0.130. The van der Waals surface area contributed by atoms with Crippen LogP contribution in [0.25, 0.3) is 5.57 Å². The van der Waals surface area contributed by atoms with Gasteiger partial charge in [-0.1, -0.05) is 0 Å². The molecule has 0 unspecified atom stereocenters. The van der Waals surface area contributed by atoms with E-state index in [0.717, 1.165) is 12.1 Å². The SMILES string of the molecule is Cc1cc2c(cc1N)C[C@H]1C2=CC(C)(C)OC1(C)C. The lowest BCUT2D eigenvalue weighted by atomic mass is 9.79. The minimum atomic E-state index is -0.202. The van der Waals surface area contributed by atoms with Crippen LogP contribution in [0, 0.1) is 12.8 Å². The molecule has 0 saturated carbocycles. The molecule has 0 saturated heterocycles. The minimum Gasteiger partial charge on any atom is -0.399 e. The molecule has 0 amide bonds. The summed E-state index contributed by atoms with van der Waals surface area (Å²) in [6.07, 6.45) is 3.33. The van der Waals surface area contributed by atoms with Gasteiger partial charge in [0.25, 0.3) is 0 Å². The molecule has 2 aliphatic rings. The van der Waals surface area contributed by atoms with Gasteiger partial charge in [0, 0.05) is 11.6 Å². The van der Waals surface area contributed by atoms with E-state index in [0.29, 0.717) is 5.92 Å². The molecule has 0 bridgehead atoms. The van der Waals surface area contributed by atoms with Crippen LogP contribution in [0.15, 0.2) is 18.2 Å². The topological polar surface area (TPSA) is 35.2 Å². The fraction of sp³-hybridized carbons (Fsp3) is 0.529. The number of fused-ring (bicyclic) bond motifs is 3. The van der Waals surface area contributed by atoms with E-state index in [9.17, 15) is 0 Å². The maximum Gasteiger partial charge on any atom is 0.0819 e. The van der Waals surface area contributed by atoms with Crippen LogP contribution in [-0.2, 0) is 11.2 Å². The molecular formula is C17H23NO. The first-order chi connectivity index (χ1) is 8.70. The molecule has 2 N–H and O–H groups in total. The maximum atomic E-state index is 6.26. The normalized spacial score (nSPS) is 26.6. The summed E-state index contributed by atoms with van der Waals surface area (Å²) in [6.45, 7) is 10.8. The van der Waals surface area contributed by atoms with Gasteiger partial charge in [0.2, 0.25) is 0 Å². The van der Waals surface area contributed by atoms with Crippen molar-refractivity contribution in [1.82, 2.24) is 0 Å². The van der Waals surface area contributed by atoms with E-state index in [-0.39, 0.29) is 11.2 Å². The van der Waals surface area contributed by atoms with Crippen molar-refractivity contribution < 1.29 is 4.74 Å². The molecule has 0 fully saturated rings. The van der Waals surface area contributed by atoms with E-state index in [1.54, 1.807) is 0 Å². The molecule has 1 aromatic rings. The third kappa shape index (κ3) is 1.90. The first-order valence-corrected chi connectivity index (χ1v) is 7.02. The number of nitrogen functional groups attached to an aromatic ring is 1. The van der Waals surface area contributed by atoms with Crippen LogP contribution in [0.4, 0.5) is 5.69 Å². The Morgan fingerprint density at radius 3 is 2.58 bits per heavy atom. The zero-order chi connectivity index (χ0) is 14.0. The van der Waals surface area contributed by atoms with Gasteiger partial charge in [-0.3, -0.25) is 0 Å². The van der Waals surface area contributed by atoms with E-state index in [1.165, 1.54) is 22.3 Å². The Morgan fingerprint density at radius 1 is 1.21 bits per heavy atom. The Hall–Kier alpha value is -1.28. The van der Waals surface area contributed by atoms with Crippen LogP contribution in [0.3, 0.4) is 0 Å². The number of nitrogens with two attached hydrogens (primary N) is 1. The highest BCUT2D eigenvalue weighted by atomic mass is 16.5. The monoisotopic (exact) mass is 257 g/mol. The number of anilines is 1. The van der Waals surface area contributed by atoms with Crippen molar-refractivity contribution in [2.45, 2.75) is 52.2 Å². The lowest BCUT2D eigenvalue weighted by Gasteiger charge is -2.44. The fourth-order valence-electron chi connectivity index (χ4n) is 3.68. The molecule has 2 nitrogen and oxygen atoms in total. The van der Waals surface area contributed by atoms with Gasteiger partial charge in [0.15, 0.2) is 0 Å². The van der Waals surface area contributed by atoms with Crippen molar-refractivity contribution in [2.75, 3.05) is 5.73 Å². The van der Waals surface area contributed by atoms with Crippen molar-refractivity contribution in [1.29, 1.82) is 0 Å². The molecule has 1 heterocycles. The third-order valence-electron chi connectivity index (χ3n) is 4.47. The van der Waals surface area contributed by atoms with E-state index >= 15 is 0 Å². The van der Waals surface area contributed by atoms with E-state index in [1.807, 2.05) is 0 Å². The lowest BCUT2D eigenvalue weighted by Crippen LogP contribution is -2.45. The zero-order valence-electron chi connectivity index (χ0n) is 12.5. The fourth-order valence-corrected chi connectivity index (χ4v) is 3.68. The Morgan fingerprint density at radius 2 is 1.89 bits per heavy atom. The number of ether oxygens (including phenoxy) is 1. The van der Waals surface area contributed by atoms with Crippen molar-refractivity contribution >= 4 is 11.3 Å². The number of benzene rings is 1. The van der Waals surface area contributed by atoms with Crippen LogP contribution < -0.4 is 5.73 Å². The first kappa shape index (κ1) is 12.7. The molecule has 1 aliphatic carbocycles. The summed E-state index contributed by atoms with van der Waals surface area (Å²) < 4.78 is 6.26. The summed E-state index contributed by atoms with van der Waals surface area (Å²) >= 11 is 0. The first-order valence-electron chi connectivity index (χ1n) is 7.02. The molecule has 0 aromatic heterocycles. The van der Waals surface area contributed by atoms with Gasteiger partial charge in [0.05, 0.1) is 11.2 Å². The second kappa shape index (κ2) is 3.63. The number of hydrogen-bond donors (Lipinski definition) is 1. The summed E-state index contributed by atoms with van der Waals surface area (Å²) in [5.41, 5.74) is 12.0. The van der Waals surface area contributed by atoms with Gasteiger partial charge in [-0.15, -0.1) is 0 Å². The van der Waals surface area contributed by atoms with Gasteiger partial charge in [-0.05, 0) is 81.5 Å². The second-order valence-electron chi connectivity index (χ2n) is 7.03. The number of aryl methyl sites for hydroxylation is 1. The molecule has 102 valence electrons. The Kier molecular flexibility index (Phi) is 2.44. The van der Waals surface area contributed by atoms with Crippen LogP contribution in [0.5, 0.6) is 0 Å². The molecule has 0 radical (unpaired) electrons. The van der Waals surface area contributed by atoms with E-state index in [4.69, 9.17) is 10.5 Å². The van der Waals surface area contributed by atoms with Crippen molar-refractivity contribution in [2.24, 2.45) is 5.92 Å². The average Bonchev–Trinajstić information content (AvgIpc) is 2.56. The Bertz CT molecular complexity index is 581. The van der Waals surface area contributed by atoms with Crippen LogP contribution in [-0.4, -0.2) is 11.2 Å². The van der Waals surface area contributed by atoms with Gasteiger partial charge < -0.3 is 10.5 Å². The highest BCUT2D eigenvalue weighted by Crippen LogP contribution is 2.50. The quantitative estimate of drug-likeness (QED) is 0.719. The summed E-state index contributed by atoms with van der Waals surface area (Å²) in [7, 11) is 0. The van der Waals surface area contributed by atoms with Crippen LogP contribution in [0.2, 0.25) is 0 Å². The summed E-state index contributed by atoms with van der Waals surface area (Å²) in [5, 5.41) is 0. The highest BCUT2D eigenvalue weighted by Gasteiger charge is 2.45. The lowest BCUT2D eigenvalue weighted by molar-refractivity contribution is -0.123. The predicted octanol–water partition coefficient (Wildman–Crippen LogP) is 3.72. The number of hydrogen-bond acceptors (Lipinski definition) is 2. The van der Waals surface area contributed by atoms with E-state index < -0.39 is 0 Å². The van der Waals surface area contributed by atoms with Crippen molar-refractivity contribution in [3.63, 3.8) is 0 Å². The predicted molar refractivity (Wildman–Crippen MR) is 80.0 cm³/mol. The third-order valence-corrected chi connectivity index (χ3v) is 4.47. The maximum absolute atomic E-state index is 6.26. The molecular weight excluding hydrogens is 234 g/mol. The Balaban J connectivity index is 2.19. The largest absolute Gasteiger partial charge is 0.399 e. The van der Waals surface area contributed by atoms with Gasteiger partial charge in [-0.2, -0.15) is 0 Å². The average molecular weight is 257 g/mol. The van der Waals surface area contributed by atoms with Crippen LogP contribution in [0.1, 0.15) is 44.4 Å². The van der Waals surface area contributed by atoms with Crippen molar-refractivity contribution in [3.8, 4) is 0 Å². The molecule has 1 aromatic carbocycles. The Labute approximate surface area is 115 Å². The molecule has 3 rings (SSSR count). The summed E-state index contributed by atoms with van der Waals surface area (Å²) in [4.78, 5) is 0. The van der Waals surface area contributed by atoms with Gasteiger partial charge >= 0.3 is 0 Å². The molecule has 2 heteroatoms. The van der Waals surface area contributed by atoms with Gasteiger partial charge in [0.1, 0.15) is 0 Å². The highest BCUT2D eigenvalue weighted by molar-refractivity contribution is 5.79. The molecule has 1 atom stereocenters. The van der Waals surface area contributed by atoms with Crippen LogP contribution >= 0.6 is 0 Å². The smallest absolute Gasteiger partial charge is 0.0819 e. The second-order valence-corrected chi connectivity index (χ2v) is 7.03. The molecule has 19 heavy (non-hydrogen) atoms. The van der Waals surface area contributed by atoms with Crippen molar-refractivity contribution in [3.05, 3.63) is 34.9 Å².